The number of rotatable bonds is 5. The summed E-state index contributed by atoms with van der Waals surface area (Å²) in [4.78, 5) is 29.4. The molecule has 0 aliphatic carbocycles. The van der Waals surface area contributed by atoms with E-state index >= 15 is 0 Å². The Bertz CT molecular complexity index is 1010. The number of nitrogens with one attached hydrogen (secondary N) is 1. The van der Waals surface area contributed by atoms with Crippen LogP contribution in [0.15, 0.2) is 52.3 Å². The molecular weight excluding hydrogens is 384 g/mol. The van der Waals surface area contributed by atoms with Gasteiger partial charge in [-0.2, -0.15) is 0 Å². The lowest BCUT2D eigenvalue weighted by Gasteiger charge is -2.21. The van der Waals surface area contributed by atoms with Crippen LogP contribution in [0.1, 0.15) is 32.8 Å². The van der Waals surface area contributed by atoms with E-state index in [1.165, 1.54) is 11.8 Å². The third-order valence-electron chi connectivity index (χ3n) is 5.01. The fourth-order valence-corrected chi connectivity index (χ4v) is 4.62. The van der Waals surface area contributed by atoms with Crippen molar-refractivity contribution in [3.63, 3.8) is 0 Å². The highest BCUT2D eigenvalue weighted by molar-refractivity contribution is 8.04. The van der Waals surface area contributed by atoms with Crippen LogP contribution in [0.2, 0.25) is 0 Å². The van der Waals surface area contributed by atoms with Crippen LogP contribution in [0.3, 0.4) is 0 Å². The van der Waals surface area contributed by atoms with Crippen molar-refractivity contribution in [1.82, 2.24) is 0 Å². The van der Waals surface area contributed by atoms with Gasteiger partial charge in [0.25, 0.3) is 11.8 Å². The lowest BCUT2D eigenvalue weighted by molar-refractivity contribution is -0.114. The highest BCUT2D eigenvalue weighted by atomic mass is 32.2. The number of para-hydroxylation sites is 1. The second-order valence-corrected chi connectivity index (χ2v) is 8.56. The number of ether oxygens (including phenoxy) is 1. The highest BCUT2D eigenvalue weighted by Crippen LogP contribution is 2.47. The second-order valence-electron chi connectivity index (χ2n) is 7.51. The summed E-state index contributed by atoms with van der Waals surface area (Å²) in [6.07, 6.45) is 0.905. The minimum atomic E-state index is -0.240. The molecule has 2 aromatic rings. The first-order valence-electron chi connectivity index (χ1n) is 9.91. The van der Waals surface area contributed by atoms with Gasteiger partial charge in [-0.15, -0.1) is 0 Å². The average molecular weight is 409 g/mol. The van der Waals surface area contributed by atoms with Crippen LogP contribution < -0.4 is 15.0 Å². The molecule has 0 atom stereocenters. The predicted octanol–water partition coefficient (Wildman–Crippen LogP) is 4.93. The van der Waals surface area contributed by atoms with Gasteiger partial charge in [-0.05, 0) is 43.5 Å². The number of thioether (sulfide) groups is 1. The summed E-state index contributed by atoms with van der Waals surface area (Å²) in [5.41, 5.74) is 2.92. The molecule has 5 nitrogen and oxygen atoms in total. The Morgan fingerprint density at radius 2 is 1.93 bits per heavy atom. The van der Waals surface area contributed by atoms with Gasteiger partial charge in [-0.1, -0.05) is 43.8 Å². The molecule has 6 heteroatoms. The number of carbonyl (C=O) groups excluding carboxylic acids is 2. The van der Waals surface area contributed by atoms with Crippen LogP contribution in [0.25, 0.3) is 5.57 Å². The average Bonchev–Trinajstić information content (AvgIpc) is 2.97. The molecule has 2 amide bonds. The predicted molar refractivity (Wildman–Crippen MR) is 117 cm³/mol. The zero-order valence-corrected chi connectivity index (χ0v) is 17.6. The molecule has 2 heterocycles. The van der Waals surface area contributed by atoms with Crippen LogP contribution in [0, 0.1) is 5.92 Å². The molecule has 4 rings (SSSR count). The fraction of sp³-hybridized carbons (Fsp3) is 0.304. The number of benzene rings is 2. The molecule has 2 aliphatic heterocycles. The molecule has 0 radical (unpaired) electrons. The van der Waals surface area contributed by atoms with Gasteiger partial charge < -0.3 is 15.0 Å². The van der Waals surface area contributed by atoms with Gasteiger partial charge in [0.15, 0.2) is 0 Å². The largest absolute Gasteiger partial charge is 0.494 e. The SMILES string of the molecule is CCOc1ccc2c(c1)SC(=C1C(=O)N(CCC(C)C)c3ccccc31)C(=O)N2. The van der Waals surface area contributed by atoms with Gasteiger partial charge in [-0.25, -0.2) is 0 Å². The van der Waals surface area contributed by atoms with Crippen LogP contribution in [0.5, 0.6) is 5.75 Å². The summed E-state index contributed by atoms with van der Waals surface area (Å²) in [7, 11) is 0. The highest BCUT2D eigenvalue weighted by Gasteiger charge is 2.37. The molecule has 0 fully saturated rings. The van der Waals surface area contributed by atoms with E-state index in [0.717, 1.165) is 34.0 Å². The second kappa shape index (κ2) is 7.95. The molecule has 150 valence electrons. The summed E-state index contributed by atoms with van der Waals surface area (Å²) >= 11 is 1.34. The zero-order valence-electron chi connectivity index (χ0n) is 16.8. The molecule has 2 aromatic carbocycles. The summed E-state index contributed by atoms with van der Waals surface area (Å²) < 4.78 is 5.59. The summed E-state index contributed by atoms with van der Waals surface area (Å²) in [6.45, 7) is 7.43. The van der Waals surface area contributed by atoms with Gasteiger partial charge in [0.1, 0.15) is 5.75 Å². The Hall–Kier alpha value is -2.73. The third-order valence-corrected chi connectivity index (χ3v) is 6.16. The molecule has 0 aromatic heterocycles. The van der Waals surface area contributed by atoms with Crippen molar-refractivity contribution in [2.75, 3.05) is 23.4 Å². The molecule has 0 saturated heterocycles. The van der Waals surface area contributed by atoms with Gasteiger partial charge in [0.05, 0.1) is 28.5 Å². The van der Waals surface area contributed by atoms with Crippen molar-refractivity contribution in [3.8, 4) is 5.75 Å². The number of hydrogen-bond acceptors (Lipinski definition) is 4. The van der Waals surface area contributed by atoms with E-state index in [2.05, 4.69) is 19.2 Å². The molecule has 0 spiro atoms. The van der Waals surface area contributed by atoms with Crippen molar-refractivity contribution in [1.29, 1.82) is 0 Å². The summed E-state index contributed by atoms with van der Waals surface area (Å²) in [5.74, 6) is 0.892. The van der Waals surface area contributed by atoms with Crippen molar-refractivity contribution < 1.29 is 14.3 Å². The van der Waals surface area contributed by atoms with Crippen molar-refractivity contribution in [3.05, 3.63) is 52.9 Å². The topological polar surface area (TPSA) is 58.6 Å². The lowest BCUT2D eigenvalue weighted by Crippen LogP contribution is -2.29. The Kier molecular flexibility index (Phi) is 5.37. The number of amides is 2. The van der Waals surface area contributed by atoms with E-state index in [1.807, 2.05) is 49.4 Å². The maximum absolute atomic E-state index is 13.4. The third kappa shape index (κ3) is 3.65. The van der Waals surface area contributed by atoms with Gasteiger partial charge in [-0.3, -0.25) is 9.59 Å². The zero-order chi connectivity index (χ0) is 20.5. The van der Waals surface area contributed by atoms with Crippen molar-refractivity contribution in [2.45, 2.75) is 32.1 Å². The van der Waals surface area contributed by atoms with Crippen LogP contribution in [-0.2, 0) is 9.59 Å². The number of hydrogen-bond donors (Lipinski definition) is 1. The number of anilines is 2. The van der Waals surface area contributed by atoms with Gasteiger partial charge in [0.2, 0.25) is 0 Å². The van der Waals surface area contributed by atoms with Crippen molar-refractivity contribution >= 4 is 40.5 Å². The van der Waals surface area contributed by atoms with E-state index in [1.54, 1.807) is 4.90 Å². The Labute approximate surface area is 175 Å². The molecular formula is C23H24N2O3S. The van der Waals surface area contributed by atoms with Crippen LogP contribution in [0.4, 0.5) is 11.4 Å². The van der Waals surface area contributed by atoms with E-state index < -0.39 is 0 Å². The standard InChI is InChI=1S/C23H24N2O3S/c1-4-28-15-9-10-17-19(13-15)29-21(22(26)24-17)20-16-7-5-6-8-18(16)25(23(20)27)12-11-14(2)3/h5-10,13-14H,4,11-12H2,1-3H3,(H,24,26). The maximum Gasteiger partial charge on any atom is 0.263 e. The van der Waals surface area contributed by atoms with E-state index in [4.69, 9.17) is 4.74 Å². The first kappa shape index (κ1) is 19.6. The summed E-state index contributed by atoms with van der Waals surface area (Å²) in [6, 6.07) is 13.3. The van der Waals surface area contributed by atoms with Gasteiger partial charge in [0, 0.05) is 17.0 Å². The Morgan fingerprint density at radius 3 is 2.69 bits per heavy atom. The number of nitrogens with zero attached hydrogens (tertiary/aromatic N) is 1. The molecule has 0 saturated carbocycles. The van der Waals surface area contributed by atoms with Crippen LogP contribution in [-0.4, -0.2) is 25.0 Å². The number of carbonyl (C=O) groups is 2. The van der Waals surface area contributed by atoms with E-state index in [0.29, 0.717) is 29.5 Å². The first-order valence-corrected chi connectivity index (χ1v) is 10.7. The smallest absolute Gasteiger partial charge is 0.263 e. The van der Waals surface area contributed by atoms with Crippen molar-refractivity contribution in [2.24, 2.45) is 5.92 Å². The fourth-order valence-electron chi connectivity index (χ4n) is 3.56. The molecule has 2 aliphatic rings. The van der Waals surface area contributed by atoms with Crippen LogP contribution >= 0.6 is 11.8 Å². The lowest BCUT2D eigenvalue weighted by atomic mass is 10.1. The Morgan fingerprint density at radius 1 is 1.14 bits per heavy atom. The summed E-state index contributed by atoms with van der Waals surface area (Å²) in [5, 5.41) is 2.93. The number of fused-ring (bicyclic) bond motifs is 2. The molecule has 0 unspecified atom stereocenters. The quantitative estimate of drug-likeness (QED) is 0.713. The maximum atomic E-state index is 13.4. The minimum absolute atomic E-state index is 0.103. The Balaban J connectivity index is 1.77. The van der Waals surface area contributed by atoms with E-state index in [9.17, 15) is 9.59 Å². The molecule has 29 heavy (non-hydrogen) atoms. The van der Waals surface area contributed by atoms with E-state index in [-0.39, 0.29) is 11.8 Å². The van der Waals surface area contributed by atoms with Gasteiger partial charge >= 0.3 is 0 Å². The molecule has 0 bridgehead atoms. The normalized spacial score (nSPS) is 18.0. The monoisotopic (exact) mass is 408 g/mol. The minimum Gasteiger partial charge on any atom is -0.494 e. The first-order chi connectivity index (χ1) is 14.0. The molecule has 1 N–H and O–H groups in total.